The topological polar surface area (TPSA) is 263 Å². The Morgan fingerprint density at radius 3 is 1.93 bits per heavy atom. The van der Waals surface area contributed by atoms with Crippen LogP contribution in [0.2, 0.25) is 0 Å². The quantitative estimate of drug-likeness (QED) is 0.108. The van der Waals surface area contributed by atoms with Crippen LogP contribution in [0.3, 0.4) is 0 Å². The molecule has 40 heavy (non-hydrogen) atoms. The maximum atomic E-state index is 11.4. The second kappa shape index (κ2) is 14.2. The molecule has 3 aliphatic rings. The van der Waals surface area contributed by atoms with Gasteiger partial charge in [-0.1, -0.05) is 19.8 Å². The van der Waals surface area contributed by atoms with Crippen molar-refractivity contribution < 1.29 is 64.5 Å². The van der Waals surface area contributed by atoms with Crippen LogP contribution in [0.25, 0.3) is 0 Å². The number of ether oxygens (including phenoxy) is 5. The molecule has 0 aromatic carbocycles. The molecule has 0 bridgehead atoms. The van der Waals surface area contributed by atoms with E-state index in [0.29, 0.717) is 6.42 Å². The third kappa shape index (κ3) is 6.62. The first-order valence-corrected chi connectivity index (χ1v) is 13.6. The van der Waals surface area contributed by atoms with E-state index >= 15 is 0 Å². The highest BCUT2D eigenvalue weighted by molar-refractivity contribution is 5.03. The Balaban J connectivity index is 1.84. The molecule has 3 saturated heterocycles. The third-order valence-electron chi connectivity index (χ3n) is 8.06. The maximum Gasteiger partial charge on any atom is 0.176 e. The van der Waals surface area contributed by atoms with Crippen LogP contribution in [0.1, 0.15) is 26.2 Å². The van der Waals surface area contributed by atoms with E-state index in [9.17, 15) is 40.9 Å². The van der Waals surface area contributed by atoms with E-state index in [4.69, 9.17) is 35.2 Å². The standard InChI is InChI=1S/C24H47N3O13/c1-4-5-6-24(9-30)20(34)16(32)13(26)22(40-24)38-19-11(8-29)37-23(14(17(19)33)27(2)3)39-18-10(7-28)36-21(35)12(25)15(18)31/h10-23,28-35H,4-9,25-26H2,1-3H3/t10-,11-,12-,13-,14-,15-,16-,17-,18?,19?,20+,21-,22+,23+,24-/m1/s1. The summed E-state index contributed by atoms with van der Waals surface area (Å²) < 4.78 is 29.1. The molecule has 0 amide bonds. The number of likely N-dealkylation sites (N-methyl/N-ethyl adjacent to an activating group) is 1. The minimum atomic E-state index is -1.57. The van der Waals surface area contributed by atoms with Crippen molar-refractivity contribution >= 4 is 0 Å². The summed E-state index contributed by atoms with van der Waals surface area (Å²) in [5.41, 5.74) is 10.4. The van der Waals surface area contributed by atoms with Gasteiger partial charge in [0, 0.05) is 0 Å². The fourth-order valence-corrected chi connectivity index (χ4v) is 5.54. The Kier molecular flexibility index (Phi) is 12.0. The fourth-order valence-electron chi connectivity index (χ4n) is 5.54. The number of hydrogen-bond donors (Lipinski definition) is 10. The van der Waals surface area contributed by atoms with Gasteiger partial charge in [-0.25, -0.2) is 0 Å². The highest BCUT2D eigenvalue weighted by atomic mass is 16.7. The van der Waals surface area contributed by atoms with E-state index in [1.807, 2.05) is 6.92 Å². The molecule has 12 N–H and O–H groups in total. The minimum Gasteiger partial charge on any atom is -0.394 e. The number of unbranched alkanes of at least 4 members (excludes halogenated alkanes) is 1. The highest BCUT2D eigenvalue weighted by Gasteiger charge is 2.56. The molecule has 0 aromatic heterocycles. The molecule has 0 radical (unpaired) electrons. The molecule has 16 nitrogen and oxygen atoms in total. The first kappa shape index (κ1) is 33.9. The normalized spacial score (nSPS) is 48.5. The van der Waals surface area contributed by atoms with Gasteiger partial charge in [-0.2, -0.15) is 0 Å². The Morgan fingerprint density at radius 2 is 1.38 bits per heavy atom. The number of aliphatic hydroxyl groups is 8. The van der Waals surface area contributed by atoms with Crippen molar-refractivity contribution in [2.45, 2.75) is 118 Å². The van der Waals surface area contributed by atoms with E-state index < -0.39 is 111 Å². The minimum absolute atomic E-state index is 0.197. The lowest BCUT2D eigenvalue weighted by Crippen LogP contribution is -2.71. The number of hydrogen-bond acceptors (Lipinski definition) is 16. The van der Waals surface area contributed by atoms with Crippen molar-refractivity contribution in [2.24, 2.45) is 11.5 Å². The maximum absolute atomic E-state index is 11.4. The predicted molar refractivity (Wildman–Crippen MR) is 135 cm³/mol. The molecule has 2 unspecified atom stereocenters. The molecular weight excluding hydrogens is 538 g/mol. The van der Waals surface area contributed by atoms with Gasteiger partial charge in [0.15, 0.2) is 18.9 Å². The van der Waals surface area contributed by atoms with Crippen molar-refractivity contribution in [1.29, 1.82) is 0 Å². The van der Waals surface area contributed by atoms with Crippen LogP contribution in [-0.4, -0.2) is 171 Å². The molecule has 15 atom stereocenters. The van der Waals surface area contributed by atoms with Gasteiger partial charge in [-0.15, -0.1) is 0 Å². The Morgan fingerprint density at radius 1 is 0.800 bits per heavy atom. The zero-order valence-electron chi connectivity index (χ0n) is 23.0. The molecule has 0 spiro atoms. The lowest BCUT2D eigenvalue weighted by Gasteiger charge is -2.52. The molecule has 3 fully saturated rings. The zero-order valence-corrected chi connectivity index (χ0v) is 23.0. The van der Waals surface area contributed by atoms with Crippen LogP contribution in [0, 0.1) is 0 Å². The first-order chi connectivity index (χ1) is 18.9. The third-order valence-corrected chi connectivity index (χ3v) is 8.06. The molecule has 0 aromatic rings. The van der Waals surface area contributed by atoms with E-state index in [1.54, 1.807) is 19.0 Å². The van der Waals surface area contributed by atoms with Crippen LogP contribution in [0.4, 0.5) is 0 Å². The van der Waals surface area contributed by atoms with Crippen LogP contribution in [-0.2, 0) is 23.7 Å². The van der Waals surface area contributed by atoms with Crippen molar-refractivity contribution in [3.8, 4) is 0 Å². The second-order valence-corrected chi connectivity index (χ2v) is 11.0. The average molecular weight is 586 g/mol. The monoisotopic (exact) mass is 585 g/mol. The Hall–Kier alpha value is -0.640. The van der Waals surface area contributed by atoms with Gasteiger partial charge in [0.05, 0.1) is 37.9 Å². The molecule has 3 heterocycles. The lowest BCUT2D eigenvalue weighted by atomic mass is 9.82. The molecule has 236 valence electrons. The summed E-state index contributed by atoms with van der Waals surface area (Å²) in [5.74, 6) is 0. The molecular formula is C24H47N3O13. The molecule has 0 saturated carbocycles. The number of nitrogens with two attached hydrogens (primary N) is 2. The molecule has 0 aliphatic carbocycles. The van der Waals surface area contributed by atoms with E-state index in [-0.39, 0.29) is 6.42 Å². The van der Waals surface area contributed by atoms with Crippen LogP contribution in [0.15, 0.2) is 0 Å². The van der Waals surface area contributed by atoms with Crippen molar-refractivity contribution in [1.82, 2.24) is 4.90 Å². The van der Waals surface area contributed by atoms with Gasteiger partial charge in [0.25, 0.3) is 0 Å². The van der Waals surface area contributed by atoms with Gasteiger partial charge in [0.1, 0.15) is 54.4 Å². The number of aliphatic hydroxyl groups excluding tert-OH is 8. The van der Waals surface area contributed by atoms with Crippen LogP contribution < -0.4 is 11.5 Å². The molecule has 16 heteroatoms. The van der Waals surface area contributed by atoms with Gasteiger partial charge in [-0.05, 0) is 20.5 Å². The van der Waals surface area contributed by atoms with Gasteiger partial charge in [-0.3, -0.25) is 4.90 Å². The zero-order chi connectivity index (χ0) is 29.9. The van der Waals surface area contributed by atoms with Gasteiger partial charge in [0.2, 0.25) is 0 Å². The van der Waals surface area contributed by atoms with Crippen LogP contribution >= 0.6 is 0 Å². The fraction of sp³-hybridized carbons (Fsp3) is 1.00. The Bertz CT molecular complexity index is 784. The van der Waals surface area contributed by atoms with E-state index in [1.165, 1.54) is 0 Å². The van der Waals surface area contributed by atoms with Crippen molar-refractivity contribution in [3.05, 3.63) is 0 Å². The molecule has 3 aliphatic heterocycles. The summed E-state index contributed by atoms with van der Waals surface area (Å²) >= 11 is 0. The summed E-state index contributed by atoms with van der Waals surface area (Å²) in [4.78, 5) is 1.55. The summed E-state index contributed by atoms with van der Waals surface area (Å²) in [7, 11) is 3.22. The summed E-state index contributed by atoms with van der Waals surface area (Å²) in [6, 6.07) is -3.52. The van der Waals surface area contributed by atoms with Gasteiger partial charge >= 0.3 is 0 Å². The largest absolute Gasteiger partial charge is 0.394 e. The predicted octanol–water partition coefficient (Wildman–Crippen LogP) is -5.51. The van der Waals surface area contributed by atoms with E-state index in [2.05, 4.69) is 0 Å². The van der Waals surface area contributed by atoms with Crippen molar-refractivity contribution in [3.63, 3.8) is 0 Å². The molecule has 3 rings (SSSR count). The summed E-state index contributed by atoms with van der Waals surface area (Å²) in [5, 5.41) is 83.3. The summed E-state index contributed by atoms with van der Waals surface area (Å²) in [6.45, 7) is -0.00966. The SMILES string of the molecule is CCCC[C@]1(CO)O[C@H](OC2[C@@H](CO)O[C@@H](OC3[C@@H](CO)O[C@@H](O)[C@H](N)[C@H]3O)[C@H](N(C)C)[C@H]2O)[C@H](N)[C@@H](O)[C@@H]1O. The van der Waals surface area contributed by atoms with Gasteiger partial charge < -0.3 is 76.0 Å². The van der Waals surface area contributed by atoms with Crippen molar-refractivity contribution in [2.75, 3.05) is 33.9 Å². The number of nitrogens with zero attached hydrogens (tertiary/aromatic N) is 1. The van der Waals surface area contributed by atoms with Crippen LogP contribution in [0.5, 0.6) is 0 Å². The smallest absolute Gasteiger partial charge is 0.176 e. The lowest BCUT2D eigenvalue weighted by molar-refractivity contribution is -0.367. The highest BCUT2D eigenvalue weighted by Crippen LogP contribution is 2.37. The number of rotatable bonds is 11. The summed E-state index contributed by atoms with van der Waals surface area (Å²) in [6.07, 6.45) is -13.7. The second-order valence-electron chi connectivity index (χ2n) is 11.0. The Labute approximate surface area is 232 Å². The first-order valence-electron chi connectivity index (χ1n) is 13.6. The van der Waals surface area contributed by atoms with E-state index in [0.717, 1.165) is 6.42 Å². The average Bonchev–Trinajstić information content (AvgIpc) is 2.93.